The lowest BCUT2D eigenvalue weighted by atomic mass is 10.3. The molecular weight excluding hydrogens is 276 g/mol. The van der Waals surface area contributed by atoms with Gasteiger partial charge in [-0.05, 0) is 25.1 Å². The van der Waals surface area contributed by atoms with Gasteiger partial charge in [-0.25, -0.2) is 9.78 Å². The van der Waals surface area contributed by atoms with Gasteiger partial charge in [-0.2, -0.15) is 0 Å². The van der Waals surface area contributed by atoms with Crippen molar-refractivity contribution < 1.29 is 14.3 Å². The van der Waals surface area contributed by atoms with Crippen LogP contribution in [0.2, 0.25) is 0 Å². The monoisotopic (exact) mass is 290 g/mol. The minimum Gasteiger partial charge on any atom is -0.452 e. The molecule has 104 valence electrons. The maximum absolute atomic E-state index is 11.4. The summed E-state index contributed by atoms with van der Waals surface area (Å²) in [4.78, 5) is 26.9. The maximum atomic E-state index is 11.4. The highest BCUT2D eigenvalue weighted by atomic mass is 32.1. The van der Waals surface area contributed by atoms with Gasteiger partial charge in [0.25, 0.3) is 5.91 Å². The van der Waals surface area contributed by atoms with Crippen LogP contribution in [0, 0.1) is 0 Å². The summed E-state index contributed by atoms with van der Waals surface area (Å²) in [6.07, 6.45) is 2.86. The Morgan fingerprint density at radius 3 is 2.95 bits per heavy atom. The van der Waals surface area contributed by atoms with Gasteiger partial charge in [-0.3, -0.25) is 4.79 Å². The molecular formula is C14H14N2O3S. The van der Waals surface area contributed by atoms with E-state index < -0.39 is 5.97 Å². The van der Waals surface area contributed by atoms with E-state index in [-0.39, 0.29) is 12.5 Å². The number of nitrogens with zero attached hydrogens (tertiary/aromatic N) is 1. The van der Waals surface area contributed by atoms with E-state index in [4.69, 9.17) is 4.74 Å². The molecule has 5 nitrogen and oxygen atoms in total. The number of hydrogen-bond donors (Lipinski definition) is 1. The summed E-state index contributed by atoms with van der Waals surface area (Å²) < 4.78 is 5.85. The third kappa shape index (κ3) is 3.89. The predicted octanol–water partition coefficient (Wildman–Crippen LogP) is 1.99. The van der Waals surface area contributed by atoms with Gasteiger partial charge < -0.3 is 10.1 Å². The van der Waals surface area contributed by atoms with E-state index in [0.29, 0.717) is 6.54 Å². The first-order chi connectivity index (χ1) is 9.69. The molecule has 1 N–H and O–H groups in total. The molecule has 6 heteroatoms. The Labute approximate surface area is 120 Å². The van der Waals surface area contributed by atoms with Gasteiger partial charge in [0.05, 0.1) is 10.2 Å². The van der Waals surface area contributed by atoms with Crippen LogP contribution in [0.1, 0.15) is 11.9 Å². The summed E-state index contributed by atoms with van der Waals surface area (Å²) in [6, 6.07) is 7.74. The smallest absolute Gasteiger partial charge is 0.331 e. The summed E-state index contributed by atoms with van der Waals surface area (Å²) in [5, 5.41) is 3.27. The average molecular weight is 290 g/mol. The van der Waals surface area contributed by atoms with Gasteiger partial charge in [0, 0.05) is 12.6 Å². The molecule has 1 aromatic carbocycles. The molecule has 0 spiro atoms. The van der Waals surface area contributed by atoms with E-state index in [2.05, 4.69) is 10.3 Å². The quantitative estimate of drug-likeness (QED) is 0.675. The Kier molecular flexibility index (Phi) is 4.84. The molecule has 0 radical (unpaired) electrons. The van der Waals surface area contributed by atoms with Crippen molar-refractivity contribution in [3.05, 3.63) is 35.3 Å². The Balaban J connectivity index is 1.91. The van der Waals surface area contributed by atoms with E-state index in [1.807, 2.05) is 24.3 Å². The van der Waals surface area contributed by atoms with Crippen LogP contribution in [-0.4, -0.2) is 30.0 Å². The topological polar surface area (TPSA) is 68.3 Å². The molecule has 2 rings (SSSR count). The van der Waals surface area contributed by atoms with E-state index in [1.165, 1.54) is 17.4 Å². The van der Waals surface area contributed by atoms with Crippen molar-refractivity contribution in [1.82, 2.24) is 10.3 Å². The van der Waals surface area contributed by atoms with Crippen LogP contribution in [-0.2, 0) is 14.3 Å². The van der Waals surface area contributed by atoms with Crippen molar-refractivity contribution in [3.8, 4) is 0 Å². The third-order valence-electron chi connectivity index (χ3n) is 2.39. The Hall–Kier alpha value is -2.21. The molecule has 0 bridgehead atoms. The van der Waals surface area contributed by atoms with Crippen LogP contribution < -0.4 is 5.32 Å². The number of thiazole rings is 1. The number of esters is 1. The minimum atomic E-state index is -0.560. The molecule has 0 unspecified atom stereocenters. The number of nitrogens with one attached hydrogen (secondary N) is 1. The second-order valence-electron chi connectivity index (χ2n) is 3.91. The third-order valence-corrected chi connectivity index (χ3v) is 3.39. The molecule has 0 saturated carbocycles. The highest BCUT2D eigenvalue weighted by Gasteiger charge is 2.04. The Bertz CT molecular complexity index is 616. The average Bonchev–Trinajstić information content (AvgIpc) is 2.86. The maximum Gasteiger partial charge on any atom is 0.331 e. The standard InChI is InChI=1S/C14H14N2O3S/c1-2-15-12(17)9-19-14(18)8-7-13-16-10-5-3-4-6-11(10)20-13/h3-8H,2,9H2,1H3,(H,15,17). The molecule has 1 aromatic heterocycles. The minimum absolute atomic E-state index is 0.267. The van der Waals surface area contributed by atoms with Crippen LogP contribution in [0.15, 0.2) is 30.3 Å². The summed E-state index contributed by atoms with van der Waals surface area (Å²) in [5.74, 6) is -0.871. The number of fused-ring (bicyclic) bond motifs is 1. The van der Waals surface area contributed by atoms with Gasteiger partial charge in [-0.15, -0.1) is 11.3 Å². The second kappa shape index (κ2) is 6.81. The van der Waals surface area contributed by atoms with E-state index >= 15 is 0 Å². The van der Waals surface area contributed by atoms with Crippen LogP contribution in [0.4, 0.5) is 0 Å². The molecule has 0 fully saturated rings. The summed E-state index contributed by atoms with van der Waals surface area (Å²) in [7, 11) is 0. The molecule has 2 aromatic rings. The van der Waals surface area contributed by atoms with Crippen molar-refractivity contribution in [2.45, 2.75) is 6.92 Å². The Morgan fingerprint density at radius 1 is 1.40 bits per heavy atom. The van der Waals surface area contributed by atoms with Crippen LogP contribution in [0.3, 0.4) is 0 Å². The number of para-hydroxylation sites is 1. The first-order valence-electron chi connectivity index (χ1n) is 6.16. The number of likely N-dealkylation sites (N-methyl/N-ethyl adjacent to an activating group) is 1. The van der Waals surface area contributed by atoms with Crippen LogP contribution in [0.25, 0.3) is 16.3 Å². The highest BCUT2D eigenvalue weighted by molar-refractivity contribution is 7.19. The largest absolute Gasteiger partial charge is 0.452 e. The summed E-state index contributed by atoms with van der Waals surface area (Å²) >= 11 is 1.49. The van der Waals surface area contributed by atoms with Crippen molar-refractivity contribution in [3.63, 3.8) is 0 Å². The van der Waals surface area contributed by atoms with Gasteiger partial charge in [0.2, 0.25) is 0 Å². The molecule has 0 saturated heterocycles. The zero-order valence-corrected chi connectivity index (χ0v) is 11.8. The fraction of sp³-hybridized carbons (Fsp3) is 0.214. The second-order valence-corrected chi connectivity index (χ2v) is 4.98. The number of hydrogen-bond acceptors (Lipinski definition) is 5. The number of carbonyl (C=O) groups is 2. The summed E-state index contributed by atoms with van der Waals surface area (Å²) in [5.41, 5.74) is 0.896. The molecule has 20 heavy (non-hydrogen) atoms. The fourth-order valence-corrected chi connectivity index (χ4v) is 2.40. The van der Waals surface area contributed by atoms with E-state index in [9.17, 15) is 9.59 Å². The number of carbonyl (C=O) groups excluding carboxylic acids is 2. The van der Waals surface area contributed by atoms with Crippen molar-refractivity contribution in [2.24, 2.45) is 0 Å². The van der Waals surface area contributed by atoms with E-state index in [1.54, 1.807) is 13.0 Å². The highest BCUT2D eigenvalue weighted by Crippen LogP contribution is 2.22. The normalized spacial score (nSPS) is 10.8. The number of amides is 1. The van der Waals surface area contributed by atoms with Crippen LogP contribution in [0.5, 0.6) is 0 Å². The Morgan fingerprint density at radius 2 is 2.20 bits per heavy atom. The first-order valence-corrected chi connectivity index (χ1v) is 6.98. The molecule has 1 amide bonds. The zero-order chi connectivity index (χ0) is 14.4. The number of rotatable bonds is 5. The molecule has 0 aliphatic carbocycles. The predicted molar refractivity (Wildman–Crippen MR) is 78.3 cm³/mol. The fourth-order valence-electron chi connectivity index (χ4n) is 1.53. The van der Waals surface area contributed by atoms with Gasteiger partial charge in [0.1, 0.15) is 5.01 Å². The van der Waals surface area contributed by atoms with Crippen molar-refractivity contribution in [2.75, 3.05) is 13.2 Å². The van der Waals surface area contributed by atoms with Gasteiger partial charge in [0.15, 0.2) is 6.61 Å². The van der Waals surface area contributed by atoms with Crippen LogP contribution >= 0.6 is 11.3 Å². The zero-order valence-electron chi connectivity index (χ0n) is 11.0. The number of benzene rings is 1. The van der Waals surface area contributed by atoms with Crippen molar-refractivity contribution in [1.29, 1.82) is 0 Å². The first kappa shape index (κ1) is 14.2. The van der Waals surface area contributed by atoms with Gasteiger partial charge in [-0.1, -0.05) is 12.1 Å². The number of ether oxygens (including phenoxy) is 1. The molecule has 0 aliphatic heterocycles. The van der Waals surface area contributed by atoms with Crippen molar-refractivity contribution >= 4 is 39.5 Å². The molecule has 0 aliphatic rings. The lowest BCUT2D eigenvalue weighted by Crippen LogP contribution is -2.28. The lowest BCUT2D eigenvalue weighted by Gasteiger charge is -2.01. The lowest BCUT2D eigenvalue weighted by molar-refractivity contribution is -0.143. The van der Waals surface area contributed by atoms with E-state index in [0.717, 1.165) is 15.2 Å². The molecule has 1 heterocycles. The number of aromatic nitrogens is 1. The summed E-state index contributed by atoms with van der Waals surface area (Å²) in [6.45, 7) is 2.04. The van der Waals surface area contributed by atoms with Gasteiger partial charge >= 0.3 is 5.97 Å². The molecule has 0 atom stereocenters. The SMILES string of the molecule is CCNC(=O)COC(=O)C=Cc1nc2ccccc2s1.